The molecule has 1 heterocycles. The van der Waals surface area contributed by atoms with Gasteiger partial charge in [0.25, 0.3) is 0 Å². The van der Waals surface area contributed by atoms with Crippen LogP contribution in [0, 0.1) is 22.7 Å². The Kier molecular flexibility index (Phi) is 1.84. The van der Waals surface area contributed by atoms with Crippen molar-refractivity contribution < 1.29 is 4.74 Å². The van der Waals surface area contributed by atoms with Crippen LogP contribution in [-0.2, 0) is 4.74 Å². The fraction of sp³-hybridized carbons (Fsp3) is 0.900. The molecule has 2 bridgehead atoms. The Labute approximate surface area is 73.5 Å². The van der Waals surface area contributed by atoms with Crippen LogP contribution < -0.4 is 0 Å². The third-order valence-electron chi connectivity index (χ3n) is 3.50. The summed E-state index contributed by atoms with van der Waals surface area (Å²) in [6.45, 7) is 3.15. The molecule has 2 rings (SSSR count). The van der Waals surface area contributed by atoms with Crippen LogP contribution in [-0.4, -0.2) is 12.7 Å². The third-order valence-corrected chi connectivity index (χ3v) is 3.50. The van der Waals surface area contributed by atoms with Crippen LogP contribution in [0.5, 0.6) is 0 Å². The molecule has 0 radical (unpaired) electrons. The number of nitriles is 1. The minimum absolute atomic E-state index is 0.318. The first-order valence-corrected chi connectivity index (χ1v) is 4.73. The van der Waals surface area contributed by atoms with Crippen LogP contribution in [0.1, 0.15) is 32.6 Å². The molecule has 66 valence electrons. The second kappa shape index (κ2) is 2.74. The van der Waals surface area contributed by atoms with Crippen LogP contribution in [0.2, 0.25) is 0 Å². The lowest BCUT2D eigenvalue weighted by atomic mass is 9.68. The molecule has 1 aliphatic carbocycles. The number of nitrogens with zero attached hydrogens (tertiary/aromatic N) is 1. The van der Waals surface area contributed by atoms with Crippen molar-refractivity contribution in [3.63, 3.8) is 0 Å². The van der Waals surface area contributed by atoms with E-state index in [2.05, 4.69) is 13.0 Å². The largest absolute Gasteiger partial charge is 0.378 e. The van der Waals surface area contributed by atoms with Gasteiger partial charge in [-0.05, 0) is 30.6 Å². The Morgan fingerprint density at radius 1 is 1.58 bits per heavy atom. The summed E-state index contributed by atoms with van der Waals surface area (Å²) in [6.07, 6.45) is 4.76. The van der Waals surface area contributed by atoms with E-state index < -0.39 is 0 Å². The first-order chi connectivity index (χ1) is 5.74. The average Bonchev–Trinajstić information content (AvgIpc) is 2.36. The zero-order chi connectivity index (χ0) is 8.60. The van der Waals surface area contributed by atoms with E-state index in [4.69, 9.17) is 10.00 Å². The van der Waals surface area contributed by atoms with E-state index in [0.717, 1.165) is 6.61 Å². The minimum Gasteiger partial charge on any atom is -0.378 e. The summed E-state index contributed by atoms with van der Waals surface area (Å²) < 4.78 is 5.65. The molecule has 1 saturated carbocycles. The van der Waals surface area contributed by atoms with Gasteiger partial charge < -0.3 is 4.74 Å². The molecule has 0 aromatic rings. The van der Waals surface area contributed by atoms with E-state index in [1.165, 1.54) is 19.3 Å². The van der Waals surface area contributed by atoms with E-state index in [9.17, 15) is 0 Å². The fourth-order valence-corrected chi connectivity index (χ4v) is 2.61. The van der Waals surface area contributed by atoms with Gasteiger partial charge in [0.15, 0.2) is 0 Å². The van der Waals surface area contributed by atoms with Gasteiger partial charge in [-0.15, -0.1) is 0 Å². The fourth-order valence-electron chi connectivity index (χ4n) is 2.61. The predicted molar refractivity (Wildman–Crippen MR) is 45.4 cm³/mol. The zero-order valence-electron chi connectivity index (χ0n) is 7.55. The van der Waals surface area contributed by atoms with Crippen molar-refractivity contribution in [2.75, 3.05) is 6.61 Å². The van der Waals surface area contributed by atoms with Gasteiger partial charge in [-0.2, -0.15) is 5.26 Å². The Morgan fingerprint density at radius 2 is 2.42 bits per heavy atom. The maximum atomic E-state index is 8.67. The van der Waals surface area contributed by atoms with Gasteiger partial charge in [0.05, 0.1) is 18.8 Å². The van der Waals surface area contributed by atoms with Crippen LogP contribution >= 0.6 is 0 Å². The molecule has 3 atom stereocenters. The number of rotatable bonds is 1. The van der Waals surface area contributed by atoms with E-state index in [1.54, 1.807) is 0 Å². The van der Waals surface area contributed by atoms with Crippen molar-refractivity contribution in [3.8, 4) is 6.07 Å². The SMILES string of the molecule is CC12COC(CCC1CC#N)C2. The van der Waals surface area contributed by atoms with E-state index >= 15 is 0 Å². The zero-order valence-corrected chi connectivity index (χ0v) is 7.55. The van der Waals surface area contributed by atoms with Gasteiger partial charge >= 0.3 is 0 Å². The normalized spacial score (nSPS) is 45.7. The predicted octanol–water partition coefficient (Wildman–Crippen LogP) is 2.11. The second-order valence-corrected chi connectivity index (χ2v) is 4.43. The minimum atomic E-state index is 0.318. The molecule has 0 amide bonds. The molecule has 0 N–H and O–H groups in total. The number of ether oxygens (including phenoxy) is 1. The van der Waals surface area contributed by atoms with Crippen molar-refractivity contribution >= 4 is 0 Å². The Balaban J connectivity index is 2.10. The maximum absolute atomic E-state index is 8.67. The molecule has 3 unspecified atom stereocenters. The molecule has 2 fully saturated rings. The highest BCUT2D eigenvalue weighted by Gasteiger charge is 2.45. The number of hydrogen-bond acceptors (Lipinski definition) is 2. The highest BCUT2D eigenvalue weighted by atomic mass is 16.5. The molecular weight excluding hydrogens is 150 g/mol. The molecule has 2 aliphatic rings. The summed E-state index contributed by atoms with van der Waals surface area (Å²) in [7, 11) is 0. The van der Waals surface area contributed by atoms with Gasteiger partial charge in [0, 0.05) is 6.42 Å². The number of hydrogen-bond donors (Lipinski definition) is 0. The smallest absolute Gasteiger partial charge is 0.0624 e. The lowest BCUT2D eigenvalue weighted by Crippen LogP contribution is -2.31. The molecule has 1 aliphatic heterocycles. The van der Waals surface area contributed by atoms with Gasteiger partial charge in [-0.25, -0.2) is 0 Å². The van der Waals surface area contributed by atoms with Crippen LogP contribution in [0.25, 0.3) is 0 Å². The van der Waals surface area contributed by atoms with Gasteiger partial charge in [0.1, 0.15) is 0 Å². The standard InChI is InChI=1S/C10H15NO/c1-10-6-9(12-7-10)3-2-8(10)4-5-11/h8-9H,2-4,6-7H2,1H3. The van der Waals surface area contributed by atoms with Gasteiger partial charge in [-0.3, -0.25) is 0 Å². The summed E-state index contributed by atoms with van der Waals surface area (Å²) in [5, 5.41) is 8.67. The van der Waals surface area contributed by atoms with Crippen molar-refractivity contribution in [3.05, 3.63) is 0 Å². The monoisotopic (exact) mass is 165 g/mol. The first kappa shape index (κ1) is 8.07. The van der Waals surface area contributed by atoms with Crippen molar-refractivity contribution in [2.45, 2.75) is 38.7 Å². The highest BCUT2D eigenvalue weighted by Crippen LogP contribution is 2.48. The molecule has 0 aromatic carbocycles. The summed E-state index contributed by atoms with van der Waals surface area (Å²) in [5.41, 5.74) is 0.318. The molecular formula is C10H15NO. The number of fused-ring (bicyclic) bond motifs is 2. The van der Waals surface area contributed by atoms with Gasteiger partial charge in [0.2, 0.25) is 0 Å². The summed E-state index contributed by atoms with van der Waals surface area (Å²) in [4.78, 5) is 0. The molecule has 12 heavy (non-hydrogen) atoms. The Morgan fingerprint density at radius 3 is 3.17 bits per heavy atom. The van der Waals surface area contributed by atoms with Crippen LogP contribution in [0.15, 0.2) is 0 Å². The molecule has 2 heteroatoms. The summed E-state index contributed by atoms with van der Waals surface area (Å²) in [5.74, 6) is 0.584. The molecule has 0 spiro atoms. The summed E-state index contributed by atoms with van der Waals surface area (Å²) >= 11 is 0. The van der Waals surface area contributed by atoms with Crippen LogP contribution in [0.3, 0.4) is 0 Å². The van der Waals surface area contributed by atoms with E-state index in [-0.39, 0.29) is 0 Å². The molecule has 2 nitrogen and oxygen atoms in total. The second-order valence-electron chi connectivity index (χ2n) is 4.43. The topological polar surface area (TPSA) is 33.0 Å². The summed E-state index contributed by atoms with van der Waals surface area (Å²) in [6, 6.07) is 2.29. The van der Waals surface area contributed by atoms with Crippen molar-refractivity contribution in [2.24, 2.45) is 11.3 Å². The van der Waals surface area contributed by atoms with Crippen LogP contribution in [0.4, 0.5) is 0 Å². The molecule has 1 saturated heterocycles. The quantitative estimate of drug-likeness (QED) is 0.596. The Bertz CT molecular complexity index is 220. The van der Waals surface area contributed by atoms with Crippen molar-refractivity contribution in [1.82, 2.24) is 0 Å². The Hall–Kier alpha value is -0.550. The van der Waals surface area contributed by atoms with E-state index in [0.29, 0.717) is 23.9 Å². The first-order valence-electron chi connectivity index (χ1n) is 4.73. The van der Waals surface area contributed by atoms with E-state index in [1.807, 2.05) is 0 Å². The van der Waals surface area contributed by atoms with Crippen molar-refractivity contribution in [1.29, 1.82) is 5.26 Å². The maximum Gasteiger partial charge on any atom is 0.0624 e. The lowest BCUT2D eigenvalue weighted by molar-refractivity contribution is 0.104. The average molecular weight is 165 g/mol. The lowest BCUT2D eigenvalue weighted by Gasteiger charge is -2.34. The highest BCUT2D eigenvalue weighted by molar-refractivity contribution is 4.97. The van der Waals surface area contributed by atoms with Gasteiger partial charge in [-0.1, -0.05) is 6.92 Å². The third kappa shape index (κ3) is 1.13. The molecule has 0 aromatic heterocycles.